The van der Waals surface area contributed by atoms with Crippen LogP contribution in [0.25, 0.3) is 0 Å². The minimum Gasteiger partial charge on any atom is -0.480 e. The number of carboxylic acids is 1. The van der Waals surface area contributed by atoms with Crippen LogP contribution in [-0.4, -0.2) is 17.6 Å². The first-order chi connectivity index (χ1) is 6.11. The van der Waals surface area contributed by atoms with Gasteiger partial charge in [0, 0.05) is 10.2 Å². The van der Waals surface area contributed by atoms with E-state index in [0.717, 1.165) is 15.7 Å². The van der Waals surface area contributed by atoms with E-state index in [0.29, 0.717) is 0 Å². The molecule has 0 fully saturated rings. The van der Waals surface area contributed by atoms with Crippen LogP contribution in [0.15, 0.2) is 22.7 Å². The summed E-state index contributed by atoms with van der Waals surface area (Å²) < 4.78 is 0.975. The van der Waals surface area contributed by atoms with Crippen molar-refractivity contribution in [1.29, 1.82) is 0 Å². The highest BCUT2D eigenvalue weighted by molar-refractivity contribution is 9.10. The average molecular weight is 244 g/mol. The first-order valence-corrected chi connectivity index (χ1v) is 4.61. The largest absolute Gasteiger partial charge is 0.480 e. The number of carboxylic acid groups (broad SMARTS) is 1. The molecule has 70 valence electrons. The van der Waals surface area contributed by atoms with Gasteiger partial charge in [-0.2, -0.15) is 0 Å². The molecule has 3 nitrogen and oxygen atoms in total. The Kier molecular flexibility index (Phi) is 3.31. The summed E-state index contributed by atoms with van der Waals surface area (Å²) in [4.78, 5) is 10.3. The Bertz CT molecular complexity index is 325. The third-order valence-corrected chi connectivity index (χ3v) is 2.56. The van der Waals surface area contributed by atoms with Gasteiger partial charge in [-0.1, -0.05) is 22.0 Å². The second-order valence-corrected chi connectivity index (χ2v) is 3.51. The van der Waals surface area contributed by atoms with Gasteiger partial charge in [0.25, 0.3) is 0 Å². The first kappa shape index (κ1) is 10.1. The number of halogens is 1. The Morgan fingerprint density at radius 3 is 2.92 bits per heavy atom. The van der Waals surface area contributed by atoms with Crippen molar-refractivity contribution in [1.82, 2.24) is 0 Å². The lowest BCUT2D eigenvalue weighted by Crippen LogP contribution is -2.12. The predicted molar refractivity (Wildman–Crippen MR) is 55.0 cm³/mol. The zero-order valence-corrected chi connectivity index (χ0v) is 8.76. The summed E-state index contributed by atoms with van der Waals surface area (Å²) >= 11 is 3.37. The molecule has 4 heteroatoms. The van der Waals surface area contributed by atoms with Crippen molar-refractivity contribution in [2.24, 2.45) is 0 Å². The van der Waals surface area contributed by atoms with E-state index in [1.165, 1.54) is 0 Å². The Morgan fingerprint density at radius 1 is 1.62 bits per heavy atom. The zero-order valence-electron chi connectivity index (χ0n) is 7.17. The molecule has 0 saturated carbocycles. The quantitative estimate of drug-likeness (QED) is 0.857. The molecular formula is C9H10BrNO2. The third-order valence-electron chi connectivity index (χ3n) is 1.70. The van der Waals surface area contributed by atoms with Crippen molar-refractivity contribution < 1.29 is 9.90 Å². The van der Waals surface area contributed by atoms with Crippen LogP contribution in [0.3, 0.4) is 0 Å². The van der Waals surface area contributed by atoms with E-state index in [1.807, 2.05) is 25.1 Å². The lowest BCUT2D eigenvalue weighted by molar-refractivity contribution is -0.134. The van der Waals surface area contributed by atoms with E-state index in [9.17, 15) is 4.79 Å². The molecule has 1 rings (SSSR count). The summed E-state index contributed by atoms with van der Waals surface area (Å²) in [6.07, 6.45) is 0. The molecule has 0 aromatic heterocycles. The number of anilines is 1. The molecule has 0 radical (unpaired) electrons. The maximum absolute atomic E-state index is 10.3. The second kappa shape index (κ2) is 4.28. The van der Waals surface area contributed by atoms with E-state index < -0.39 is 5.97 Å². The first-order valence-electron chi connectivity index (χ1n) is 3.82. The van der Waals surface area contributed by atoms with Crippen LogP contribution in [0, 0.1) is 6.92 Å². The van der Waals surface area contributed by atoms with Crippen LogP contribution in [0.4, 0.5) is 5.69 Å². The minimum absolute atomic E-state index is 0.0582. The molecule has 0 heterocycles. The third kappa shape index (κ3) is 2.73. The minimum atomic E-state index is -0.862. The van der Waals surface area contributed by atoms with Gasteiger partial charge in [-0.05, 0) is 24.6 Å². The van der Waals surface area contributed by atoms with E-state index in [2.05, 4.69) is 21.2 Å². The standard InChI is InChI=1S/C9H10BrNO2/c1-6-7(10)3-2-4-8(6)11-5-9(12)13/h2-4,11H,5H2,1H3,(H,12,13). The number of hydrogen-bond acceptors (Lipinski definition) is 2. The highest BCUT2D eigenvalue weighted by atomic mass is 79.9. The molecule has 0 amide bonds. The average Bonchev–Trinajstić information content (AvgIpc) is 2.07. The van der Waals surface area contributed by atoms with Gasteiger partial charge in [-0.25, -0.2) is 0 Å². The van der Waals surface area contributed by atoms with Crippen LogP contribution < -0.4 is 5.32 Å². The summed E-state index contributed by atoms with van der Waals surface area (Å²) in [5.74, 6) is -0.862. The van der Waals surface area contributed by atoms with Gasteiger partial charge in [0.1, 0.15) is 6.54 Å². The lowest BCUT2D eigenvalue weighted by atomic mass is 10.2. The van der Waals surface area contributed by atoms with E-state index in [4.69, 9.17) is 5.11 Å². The molecule has 13 heavy (non-hydrogen) atoms. The van der Waals surface area contributed by atoms with Gasteiger partial charge in [0.2, 0.25) is 0 Å². The molecule has 0 bridgehead atoms. The van der Waals surface area contributed by atoms with Crippen LogP contribution in [-0.2, 0) is 4.79 Å². The smallest absolute Gasteiger partial charge is 0.322 e. The normalized spacial score (nSPS) is 9.69. The van der Waals surface area contributed by atoms with Crippen molar-refractivity contribution in [2.75, 3.05) is 11.9 Å². The number of rotatable bonds is 3. The maximum atomic E-state index is 10.3. The number of carbonyl (C=O) groups is 1. The van der Waals surface area contributed by atoms with Crippen molar-refractivity contribution in [3.63, 3.8) is 0 Å². The highest BCUT2D eigenvalue weighted by Crippen LogP contribution is 2.22. The van der Waals surface area contributed by atoms with E-state index in [1.54, 1.807) is 0 Å². The number of nitrogens with one attached hydrogen (secondary N) is 1. The number of hydrogen-bond donors (Lipinski definition) is 2. The second-order valence-electron chi connectivity index (χ2n) is 2.66. The van der Waals surface area contributed by atoms with Crippen LogP contribution in [0.5, 0.6) is 0 Å². The molecular weight excluding hydrogens is 234 g/mol. The maximum Gasteiger partial charge on any atom is 0.322 e. The van der Waals surface area contributed by atoms with Crippen LogP contribution in [0.1, 0.15) is 5.56 Å². The summed E-state index contributed by atoms with van der Waals surface area (Å²) in [5.41, 5.74) is 1.86. The fourth-order valence-corrected chi connectivity index (χ4v) is 1.34. The lowest BCUT2D eigenvalue weighted by Gasteiger charge is -2.07. The van der Waals surface area contributed by atoms with Gasteiger partial charge in [-0.15, -0.1) is 0 Å². The van der Waals surface area contributed by atoms with Gasteiger partial charge in [-0.3, -0.25) is 4.79 Å². The summed E-state index contributed by atoms with van der Waals surface area (Å²) in [6.45, 7) is 1.87. The van der Waals surface area contributed by atoms with E-state index in [-0.39, 0.29) is 6.54 Å². The van der Waals surface area contributed by atoms with Crippen LogP contribution in [0.2, 0.25) is 0 Å². The summed E-state index contributed by atoms with van der Waals surface area (Å²) in [5, 5.41) is 11.3. The molecule has 0 aliphatic carbocycles. The number of aliphatic carboxylic acids is 1. The molecule has 1 aromatic rings. The SMILES string of the molecule is Cc1c(Br)cccc1NCC(=O)O. The topological polar surface area (TPSA) is 49.3 Å². The Morgan fingerprint density at radius 2 is 2.31 bits per heavy atom. The Labute approximate surface area is 84.9 Å². The molecule has 0 spiro atoms. The predicted octanol–water partition coefficient (Wildman–Crippen LogP) is 2.25. The molecule has 2 N–H and O–H groups in total. The summed E-state index contributed by atoms with van der Waals surface area (Å²) in [7, 11) is 0. The van der Waals surface area contributed by atoms with Crippen molar-refractivity contribution >= 4 is 27.6 Å². The van der Waals surface area contributed by atoms with Crippen molar-refractivity contribution in [3.8, 4) is 0 Å². The van der Waals surface area contributed by atoms with Crippen molar-refractivity contribution in [2.45, 2.75) is 6.92 Å². The molecule has 1 aromatic carbocycles. The Hall–Kier alpha value is -1.03. The monoisotopic (exact) mass is 243 g/mol. The van der Waals surface area contributed by atoms with E-state index >= 15 is 0 Å². The van der Waals surface area contributed by atoms with Gasteiger partial charge >= 0.3 is 5.97 Å². The zero-order chi connectivity index (χ0) is 9.84. The van der Waals surface area contributed by atoms with Gasteiger partial charge in [0.15, 0.2) is 0 Å². The molecule has 0 aliphatic heterocycles. The van der Waals surface area contributed by atoms with Crippen molar-refractivity contribution in [3.05, 3.63) is 28.2 Å². The molecule has 0 unspecified atom stereocenters. The van der Waals surface area contributed by atoms with Crippen LogP contribution >= 0.6 is 15.9 Å². The number of benzene rings is 1. The fraction of sp³-hybridized carbons (Fsp3) is 0.222. The molecule has 0 atom stereocenters. The van der Waals surface area contributed by atoms with Gasteiger partial charge < -0.3 is 10.4 Å². The highest BCUT2D eigenvalue weighted by Gasteiger charge is 2.02. The molecule has 0 saturated heterocycles. The fourth-order valence-electron chi connectivity index (χ4n) is 0.970. The van der Waals surface area contributed by atoms with Gasteiger partial charge in [0.05, 0.1) is 0 Å². The molecule has 0 aliphatic rings. The summed E-state index contributed by atoms with van der Waals surface area (Å²) in [6, 6.07) is 5.63. The Balaban J connectivity index is 2.77.